The van der Waals surface area contributed by atoms with E-state index >= 15 is 0 Å². The highest BCUT2D eigenvalue weighted by molar-refractivity contribution is 5.87. The van der Waals surface area contributed by atoms with E-state index < -0.39 is 36.7 Å². The third-order valence-corrected chi connectivity index (χ3v) is 2.06. The molecule has 0 rings (SSSR count). The lowest BCUT2D eigenvalue weighted by Crippen LogP contribution is -2.49. The number of esters is 1. The van der Waals surface area contributed by atoms with Gasteiger partial charge >= 0.3 is 5.97 Å². The second-order valence-electron chi connectivity index (χ2n) is 3.79. The van der Waals surface area contributed by atoms with E-state index in [9.17, 15) is 25.2 Å². The first-order valence-electron chi connectivity index (χ1n) is 4.95. The zero-order chi connectivity index (χ0) is 13.7. The van der Waals surface area contributed by atoms with Crippen LogP contribution in [-0.4, -0.2) is 62.2 Å². The molecule has 0 aromatic rings. The molecule has 0 saturated heterocycles. The van der Waals surface area contributed by atoms with Crippen molar-refractivity contribution in [3.63, 3.8) is 0 Å². The van der Waals surface area contributed by atoms with Crippen molar-refractivity contribution < 1.29 is 35.1 Å². The zero-order valence-corrected chi connectivity index (χ0v) is 9.65. The molecule has 0 saturated carbocycles. The van der Waals surface area contributed by atoms with Crippen LogP contribution in [0.15, 0.2) is 12.2 Å². The van der Waals surface area contributed by atoms with Crippen LogP contribution in [0.3, 0.4) is 0 Å². The molecule has 0 aliphatic carbocycles. The number of carbonyl (C=O) groups is 1. The lowest BCUT2D eigenvalue weighted by Gasteiger charge is -2.27. The van der Waals surface area contributed by atoms with E-state index in [4.69, 9.17) is 5.11 Å². The summed E-state index contributed by atoms with van der Waals surface area (Å²) in [6.07, 6.45) is -8.82. The number of ether oxygens (including phenoxy) is 1. The van der Waals surface area contributed by atoms with Gasteiger partial charge in [0.1, 0.15) is 18.3 Å². The molecule has 7 nitrogen and oxygen atoms in total. The summed E-state index contributed by atoms with van der Waals surface area (Å²) in [6, 6.07) is 0. The second kappa shape index (κ2) is 6.67. The van der Waals surface area contributed by atoms with Crippen molar-refractivity contribution in [2.75, 3.05) is 0 Å². The standard InChI is InChI=1S/C10H18O7/c1-4(2)9(15)17-10(16)8(14)7(13)6(12)5(3)11/h5-8,10-14,16H,1H2,2-3H3. The van der Waals surface area contributed by atoms with Gasteiger partial charge in [0, 0.05) is 5.57 Å². The van der Waals surface area contributed by atoms with Gasteiger partial charge in [0.2, 0.25) is 6.29 Å². The van der Waals surface area contributed by atoms with Crippen molar-refractivity contribution in [2.45, 2.75) is 44.6 Å². The molecular weight excluding hydrogens is 232 g/mol. The minimum atomic E-state index is -2.03. The van der Waals surface area contributed by atoms with E-state index in [1.165, 1.54) is 13.8 Å². The van der Waals surface area contributed by atoms with Crippen LogP contribution in [0.2, 0.25) is 0 Å². The van der Waals surface area contributed by atoms with Gasteiger partial charge in [-0.05, 0) is 13.8 Å². The first-order valence-corrected chi connectivity index (χ1v) is 4.95. The van der Waals surface area contributed by atoms with Gasteiger partial charge in [-0.1, -0.05) is 6.58 Å². The Bertz CT molecular complexity index is 276. The maximum absolute atomic E-state index is 11.0. The summed E-state index contributed by atoms with van der Waals surface area (Å²) in [5, 5.41) is 46.2. The summed E-state index contributed by atoms with van der Waals surface area (Å²) in [5.74, 6) is -0.949. The average Bonchev–Trinajstić information content (AvgIpc) is 2.25. The molecule has 17 heavy (non-hydrogen) atoms. The van der Waals surface area contributed by atoms with Gasteiger partial charge in [0.25, 0.3) is 0 Å². The minimum absolute atomic E-state index is 0.00168. The fraction of sp³-hybridized carbons (Fsp3) is 0.700. The Hall–Kier alpha value is -0.990. The monoisotopic (exact) mass is 250 g/mol. The molecule has 0 fully saturated rings. The molecule has 0 amide bonds. The molecular formula is C10H18O7. The summed E-state index contributed by atoms with van der Waals surface area (Å²) in [6.45, 7) is 5.78. The smallest absolute Gasteiger partial charge is 0.335 e. The van der Waals surface area contributed by atoms with E-state index in [2.05, 4.69) is 11.3 Å². The van der Waals surface area contributed by atoms with Crippen molar-refractivity contribution in [3.8, 4) is 0 Å². The Morgan fingerprint density at radius 1 is 1.06 bits per heavy atom. The molecule has 5 N–H and O–H groups in total. The largest absolute Gasteiger partial charge is 0.430 e. The number of rotatable bonds is 6. The SMILES string of the molecule is C=C(C)C(=O)OC(O)C(O)C(O)C(O)C(C)O. The van der Waals surface area contributed by atoms with Crippen molar-refractivity contribution in [2.24, 2.45) is 0 Å². The number of carbonyl (C=O) groups excluding carboxylic acids is 1. The highest BCUT2D eigenvalue weighted by Gasteiger charge is 2.34. The predicted molar refractivity (Wildman–Crippen MR) is 56.6 cm³/mol. The first-order chi connectivity index (χ1) is 7.68. The van der Waals surface area contributed by atoms with Crippen LogP contribution < -0.4 is 0 Å². The molecule has 0 aromatic heterocycles. The lowest BCUT2D eigenvalue weighted by molar-refractivity contribution is -0.209. The van der Waals surface area contributed by atoms with Crippen LogP contribution in [0.5, 0.6) is 0 Å². The molecule has 0 spiro atoms. The molecule has 0 heterocycles. The van der Waals surface area contributed by atoms with Crippen LogP contribution in [0.4, 0.5) is 0 Å². The summed E-state index contributed by atoms with van der Waals surface area (Å²) in [4.78, 5) is 11.0. The summed E-state index contributed by atoms with van der Waals surface area (Å²) in [5.41, 5.74) is 0.00168. The number of hydrogen-bond acceptors (Lipinski definition) is 7. The minimum Gasteiger partial charge on any atom is -0.430 e. The summed E-state index contributed by atoms with van der Waals surface area (Å²) < 4.78 is 4.34. The van der Waals surface area contributed by atoms with Crippen molar-refractivity contribution in [3.05, 3.63) is 12.2 Å². The third-order valence-electron chi connectivity index (χ3n) is 2.06. The Labute approximate surface area is 98.6 Å². The highest BCUT2D eigenvalue weighted by atomic mass is 16.6. The quantitative estimate of drug-likeness (QED) is 0.207. The molecule has 0 aliphatic heterocycles. The average molecular weight is 250 g/mol. The Morgan fingerprint density at radius 3 is 1.88 bits per heavy atom. The number of aliphatic hydroxyl groups excluding tert-OH is 5. The van der Waals surface area contributed by atoms with E-state index in [0.717, 1.165) is 0 Å². The zero-order valence-electron chi connectivity index (χ0n) is 9.65. The van der Waals surface area contributed by atoms with Crippen molar-refractivity contribution in [1.82, 2.24) is 0 Å². The van der Waals surface area contributed by atoms with Crippen molar-refractivity contribution >= 4 is 5.97 Å². The molecule has 5 atom stereocenters. The van der Waals surface area contributed by atoms with Gasteiger partial charge in [0.05, 0.1) is 6.10 Å². The van der Waals surface area contributed by atoms with Crippen LogP contribution in [0, 0.1) is 0 Å². The van der Waals surface area contributed by atoms with Crippen LogP contribution in [-0.2, 0) is 9.53 Å². The van der Waals surface area contributed by atoms with E-state index in [1.807, 2.05) is 0 Å². The molecule has 0 aliphatic rings. The summed E-state index contributed by atoms with van der Waals surface area (Å²) >= 11 is 0. The molecule has 0 radical (unpaired) electrons. The van der Waals surface area contributed by atoms with Gasteiger partial charge in [-0.3, -0.25) is 0 Å². The van der Waals surface area contributed by atoms with Crippen LogP contribution in [0.25, 0.3) is 0 Å². The normalized spacial score (nSPS) is 19.9. The maximum Gasteiger partial charge on any atom is 0.335 e. The Morgan fingerprint density at radius 2 is 1.53 bits per heavy atom. The second-order valence-corrected chi connectivity index (χ2v) is 3.79. The maximum atomic E-state index is 11.0. The number of aliphatic hydroxyl groups is 5. The molecule has 0 bridgehead atoms. The first kappa shape index (κ1) is 16.0. The van der Waals surface area contributed by atoms with Crippen LogP contribution >= 0.6 is 0 Å². The molecule has 7 heteroatoms. The van der Waals surface area contributed by atoms with Gasteiger partial charge in [-0.2, -0.15) is 0 Å². The Balaban J connectivity index is 4.44. The van der Waals surface area contributed by atoms with Gasteiger partial charge in [0.15, 0.2) is 0 Å². The van der Waals surface area contributed by atoms with E-state index in [0.29, 0.717) is 0 Å². The fourth-order valence-corrected chi connectivity index (χ4v) is 0.936. The van der Waals surface area contributed by atoms with Crippen molar-refractivity contribution in [1.29, 1.82) is 0 Å². The third kappa shape index (κ3) is 4.80. The van der Waals surface area contributed by atoms with Gasteiger partial charge in [-0.25, -0.2) is 4.79 Å². The Kier molecular flexibility index (Phi) is 6.29. The predicted octanol–water partition coefficient (Wildman–Crippen LogP) is -2.11. The van der Waals surface area contributed by atoms with Gasteiger partial charge in [-0.15, -0.1) is 0 Å². The van der Waals surface area contributed by atoms with Crippen LogP contribution in [0.1, 0.15) is 13.8 Å². The summed E-state index contributed by atoms with van der Waals surface area (Å²) in [7, 11) is 0. The molecule has 100 valence electrons. The lowest BCUT2D eigenvalue weighted by atomic mass is 10.0. The number of hydrogen-bond donors (Lipinski definition) is 5. The highest BCUT2D eigenvalue weighted by Crippen LogP contribution is 2.10. The molecule has 5 unspecified atom stereocenters. The fourth-order valence-electron chi connectivity index (χ4n) is 0.936. The molecule has 0 aromatic carbocycles. The van der Waals surface area contributed by atoms with E-state index in [1.54, 1.807) is 0 Å². The van der Waals surface area contributed by atoms with Gasteiger partial charge < -0.3 is 30.3 Å². The topological polar surface area (TPSA) is 127 Å². The van der Waals surface area contributed by atoms with E-state index in [-0.39, 0.29) is 5.57 Å².